The molecule has 2 rings (SSSR count). The highest BCUT2D eigenvalue weighted by Crippen LogP contribution is 2.29. The van der Waals surface area contributed by atoms with Gasteiger partial charge in [0.25, 0.3) is 0 Å². The molecule has 1 fully saturated rings. The summed E-state index contributed by atoms with van der Waals surface area (Å²) < 4.78 is 13.5. The highest BCUT2D eigenvalue weighted by molar-refractivity contribution is 5.93. The van der Waals surface area contributed by atoms with Crippen LogP contribution in [0.25, 0.3) is 0 Å². The molecule has 2 amide bonds. The molecule has 2 N–H and O–H groups in total. The molecule has 0 bridgehead atoms. The third-order valence-electron chi connectivity index (χ3n) is 3.03. The molecule has 0 saturated heterocycles. The fraction of sp³-hybridized carbons (Fsp3) is 0.385. The van der Waals surface area contributed by atoms with Crippen LogP contribution in [0.3, 0.4) is 0 Å². The van der Waals surface area contributed by atoms with Gasteiger partial charge < -0.3 is 15.3 Å². The van der Waals surface area contributed by atoms with E-state index in [-0.39, 0.29) is 11.3 Å². The van der Waals surface area contributed by atoms with Gasteiger partial charge in [0.15, 0.2) is 0 Å². The van der Waals surface area contributed by atoms with E-state index in [2.05, 4.69) is 5.32 Å². The Kier molecular flexibility index (Phi) is 3.69. The van der Waals surface area contributed by atoms with Crippen LogP contribution in [0, 0.1) is 11.7 Å². The van der Waals surface area contributed by atoms with Crippen molar-refractivity contribution in [2.24, 2.45) is 5.92 Å². The predicted octanol–water partition coefficient (Wildman–Crippen LogP) is 2.40. The van der Waals surface area contributed by atoms with Gasteiger partial charge >= 0.3 is 12.0 Å². The van der Waals surface area contributed by atoms with Gasteiger partial charge in [-0.3, -0.25) is 0 Å². The van der Waals surface area contributed by atoms with Crippen LogP contribution in [0.2, 0.25) is 0 Å². The maximum Gasteiger partial charge on any atom is 0.335 e. The average Bonchev–Trinajstić information content (AvgIpc) is 3.15. The molecule has 5 nitrogen and oxygen atoms in total. The minimum Gasteiger partial charge on any atom is -0.478 e. The number of carboxylic acids is 1. The molecule has 0 spiro atoms. The van der Waals surface area contributed by atoms with Crippen molar-refractivity contribution >= 4 is 17.7 Å². The number of carbonyl (C=O) groups is 2. The number of anilines is 1. The second-order valence-corrected chi connectivity index (χ2v) is 4.75. The zero-order chi connectivity index (χ0) is 14.0. The molecule has 19 heavy (non-hydrogen) atoms. The number of amides is 2. The summed E-state index contributed by atoms with van der Waals surface area (Å²) in [6.45, 7) is 0.631. The molecule has 1 aromatic rings. The van der Waals surface area contributed by atoms with Crippen LogP contribution in [0.15, 0.2) is 18.2 Å². The summed E-state index contributed by atoms with van der Waals surface area (Å²) in [4.78, 5) is 24.1. The van der Waals surface area contributed by atoms with Crippen molar-refractivity contribution in [3.63, 3.8) is 0 Å². The number of hydrogen-bond acceptors (Lipinski definition) is 2. The Morgan fingerprint density at radius 2 is 2.16 bits per heavy atom. The molecule has 0 atom stereocenters. The number of aromatic carboxylic acids is 1. The number of urea groups is 1. The summed E-state index contributed by atoms with van der Waals surface area (Å²) in [6.07, 6.45) is 2.22. The smallest absolute Gasteiger partial charge is 0.335 e. The fourth-order valence-corrected chi connectivity index (χ4v) is 1.74. The van der Waals surface area contributed by atoms with Crippen LogP contribution >= 0.6 is 0 Å². The van der Waals surface area contributed by atoms with Crippen molar-refractivity contribution in [3.05, 3.63) is 29.6 Å². The van der Waals surface area contributed by atoms with Gasteiger partial charge in [0.2, 0.25) is 0 Å². The number of nitrogens with zero attached hydrogens (tertiary/aromatic N) is 1. The van der Waals surface area contributed by atoms with Gasteiger partial charge in [-0.15, -0.1) is 0 Å². The molecular formula is C13H15FN2O3. The van der Waals surface area contributed by atoms with Gasteiger partial charge in [-0.2, -0.15) is 0 Å². The summed E-state index contributed by atoms with van der Waals surface area (Å²) >= 11 is 0. The van der Waals surface area contributed by atoms with E-state index < -0.39 is 17.8 Å². The molecule has 0 unspecified atom stereocenters. The van der Waals surface area contributed by atoms with Crippen LogP contribution in [-0.2, 0) is 0 Å². The fourth-order valence-electron chi connectivity index (χ4n) is 1.74. The minimum absolute atomic E-state index is 0.0680. The van der Waals surface area contributed by atoms with E-state index in [1.165, 1.54) is 4.90 Å². The van der Waals surface area contributed by atoms with Crippen LogP contribution < -0.4 is 5.32 Å². The zero-order valence-electron chi connectivity index (χ0n) is 10.5. The van der Waals surface area contributed by atoms with Crippen molar-refractivity contribution in [2.45, 2.75) is 12.8 Å². The van der Waals surface area contributed by atoms with Crippen LogP contribution in [0.5, 0.6) is 0 Å². The van der Waals surface area contributed by atoms with Gasteiger partial charge in [0, 0.05) is 13.6 Å². The molecule has 1 aromatic carbocycles. The third kappa shape index (κ3) is 3.43. The lowest BCUT2D eigenvalue weighted by molar-refractivity contribution is 0.0697. The number of nitrogens with one attached hydrogen (secondary N) is 1. The minimum atomic E-state index is -1.16. The molecule has 0 heterocycles. The highest BCUT2D eigenvalue weighted by atomic mass is 19.1. The van der Waals surface area contributed by atoms with Gasteiger partial charge in [-0.1, -0.05) is 0 Å². The van der Waals surface area contributed by atoms with Crippen molar-refractivity contribution < 1.29 is 19.1 Å². The zero-order valence-corrected chi connectivity index (χ0v) is 10.5. The predicted molar refractivity (Wildman–Crippen MR) is 67.7 cm³/mol. The second kappa shape index (κ2) is 5.26. The van der Waals surface area contributed by atoms with Crippen LogP contribution in [0.1, 0.15) is 23.2 Å². The van der Waals surface area contributed by atoms with E-state index in [1.54, 1.807) is 7.05 Å². The van der Waals surface area contributed by atoms with Crippen LogP contribution in [0.4, 0.5) is 14.9 Å². The van der Waals surface area contributed by atoms with Crippen molar-refractivity contribution in [2.75, 3.05) is 18.9 Å². The SMILES string of the molecule is CN(CC1CC1)C(=O)Nc1cc(C(=O)O)ccc1F. The van der Waals surface area contributed by atoms with Gasteiger partial charge in [-0.05, 0) is 37.0 Å². The highest BCUT2D eigenvalue weighted by Gasteiger charge is 2.25. The largest absolute Gasteiger partial charge is 0.478 e. The maximum atomic E-state index is 13.5. The first-order chi connectivity index (χ1) is 8.97. The Labute approximate surface area is 110 Å². The number of rotatable bonds is 4. The average molecular weight is 266 g/mol. The normalized spacial score (nSPS) is 14.0. The number of benzene rings is 1. The Bertz CT molecular complexity index is 515. The summed E-state index contributed by atoms with van der Waals surface area (Å²) in [6, 6.07) is 2.86. The van der Waals surface area contributed by atoms with E-state index in [9.17, 15) is 14.0 Å². The number of carbonyl (C=O) groups excluding carboxylic acids is 1. The number of carboxylic acid groups (broad SMARTS) is 1. The third-order valence-corrected chi connectivity index (χ3v) is 3.03. The lowest BCUT2D eigenvalue weighted by atomic mass is 10.2. The van der Waals surface area contributed by atoms with E-state index in [1.807, 2.05) is 0 Å². The number of hydrogen-bond donors (Lipinski definition) is 2. The molecule has 102 valence electrons. The van der Waals surface area contributed by atoms with E-state index in [0.717, 1.165) is 31.0 Å². The lowest BCUT2D eigenvalue weighted by Gasteiger charge is -2.18. The first-order valence-corrected chi connectivity index (χ1v) is 6.02. The van der Waals surface area contributed by atoms with Gasteiger partial charge in [-0.25, -0.2) is 14.0 Å². The maximum absolute atomic E-state index is 13.5. The molecule has 1 aliphatic carbocycles. The Hall–Kier alpha value is -2.11. The topological polar surface area (TPSA) is 69.6 Å². The Morgan fingerprint density at radius 3 is 2.74 bits per heavy atom. The summed E-state index contributed by atoms with van der Waals surface area (Å²) in [5.41, 5.74) is -0.186. The van der Waals surface area contributed by atoms with Crippen LogP contribution in [-0.4, -0.2) is 35.6 Å². The van der Waals surface area contributed by atoms with Crippen molar-refractivity contribution in [1.29, 1.82) is 0 Å². The molecular weight excluding hydrogens is 251 g/mol. The summed E-state index contributed by atoms with van der Waals surface area (Å²) in [5, 5.41) is 11.2. The second-order valence-electron chi connectivity index (χ2n) is 4.75. The Balaban J connectivity index is 2.06. The summed E-state index contributed by atoms with van der Waals surface area (Å²) in [7, 11) is 1.63. The van der Waals surface area contributed by atoms with E-state index >= 15 is 0 Å². The van der Waals surface area contributed by atoms with E-state index in [0.29, 0.717) is 12.5 Å². The first kappa shape index (κ1) is 13.3. The molecule has 1 aliphatic rings. The molecule has 0 aliphatic heterocycles. The summed E-state index contributed by atoms with van der Waals surface area (Å²) in [5.74, 6) is -1.29. The molecule has 0 aromatic heterocycles. The first-order valence-electron chi connectivity index (χ1n) is 6.02. The standard InChI is InChI=1S/C13H15FN2O3/c1-16(7-8-2-3-8)13(19)15-11-6-9(12(17)18)4-5-10(11)14/h4-6,8H,2-3,7H2,1H3,(H,15,19)(H,17,18). The van der Waals surface area contributed by atoms with E-state index in [4.69, 9.17) is 5.11 Å². The lowest BCUT2D eigenvalue weighted by Crippen LogP contribution is -2.33. The Morgan fingerprint density at radius 1 is 1.47 bits per heavy atom. The quantitative estimate of drug-likeness (QED) is 0.879. The molecule has 0 radical (unpaired) electrons. The van der Waals surface area contributed by atoms with Crippen molar-refractivity contribution in [1.82, 2.24) is 4.90 Å². The monoisotopic (exact) mass is 266 g/mol. The van der Waals surface area contributed by atoms with Gasteiger partial charge in [0.05, 0.1) is 11.3 Å². The molecule has 1 saturated carbocycles. The van der Waals surface area contributed by atoms with Crippen molar-refractivity contribution in [3.8, 4) is 0 Å². The molecule has 6 heteroatoms. The number of halogens is 1. The van der Waals surface area contributed by atoms with Gasteiger partial charge in [0.1, 0.15) is 5.82 Å².